The Morgan fingerprint density at radius 2 is 1.88 bits per heavy atom. The number of hydrogen-bond donors (Lipinski definition) is 1. The number of carbonyl (C=O) groups excluding carboxylic acids is 1. The zero-order chi connectivity index (χ0) is 12.1. The minimum atomic E-state index is -0.0870. The first kappa shape index (κ1) is 17.8. The highest BCUT2D eigenvalue weighted by Gasteiger charge is 2.30. The Kier molecular flexibility index (Phi) is 7.71. The Morgan fingerprint density at radius 1 is 1.38 bits per heavy atom. The van der Waals surface area contributed by atoms with Crippen molar-refractivity contribution in [3.8, 4) is 0 Å². The summed E-state index contributed by atoms with van der Waals surface area (Å²) in [5.74, 6) is -0.0870. The number of carbonyl (C=O) groups is 1. The molecule has 0 heterocycles. The molecule has 3 nitrogen and oxygen atoms in total. The lowest BCUT2D eigenvalue weighted by Crippen LogP contribution is -3.00. The first-order valence-electron chi connectivity index (χ1n) is 5.44. The van der Waals surface area contributed by atoms with Gasteiger partial charge in [-0.05, 0) is 26.8 Å². The van der Waals surface area contributed by atoms with Crippen LogP contribution in [0.15, 0.2) is 12.7 Å². The first-order chi connectivity index (χ1) is 6.70. The summed E-state index contributed by atoms with van der Waals surface area (Å²) in [6.45, 7) is 11.9. The second-order valence-electron chi connectivity index (χ2n) is 5.43. The molecule has 0 spiro atoms. The van der Waals surface area contributed by atoms with Crippen LogP contribution in [0.3, 0.4) is 0 Å². The maximum atomic E-state index is 10.9. The molecule has 0 aromatic rings. The van der Waals surface area contributed by atoms with Crippen LogP contribution in [0.1, 0.15) is 27.2 Å². The molecule has 4 heteroatoms. The molecule has 0 radical (unpaired) electrons. The van der Waals surface area contributed by atoms with Crippen LogP contribution in [0, 0.1) is 0 Å². The standard InChI is InChI=1S/C12H24N2O.ClH/c1-7-11(15)13-9-8-10-14(5,6)12(2,3)4;/h7H,1,8-10H2,2-6H3;1H. The van der Waals surface area contributed by atoms with Gasteiger partial charge in [-0.15, -0.1) is 0 Å². The van der Waals surface area contributed by atoms with Gasteiger partial charge in [0.15, 0.2) is 0 Å². The molecule has 1 amide bonds. The molecule has 0 aliphatic rings. The highest BCUT2D eigenvalue weighted by Crippen LogP contribution is 2.18. The van der Waals surface area contributed by atoms with Crippen molar-refractivity contribution in [2.24, 2.45) is 0 Å². The predicted octanol–water partition coefficient (Wildman–Crippen LogP) is -1.44. The van der Waals surface area contributed by atoms with E-state index in [-0.39, 0.29) is 23.9 Å². The second kappa shape index (κ2) is 6.92. The fraction of sp³-hybridized carbons (Fsp3) is 0.750. The monoisotopic (exact) mass is 248 g/mol. The Bertz CT molecular complexity index is 232. The Labute approximate surface area is 106 Å². The summed E-state index contributed by atoms with van der Waals surface area (Å²) < 4.78 is 0.955. The minimum absolute atomic E-state index is 0. The van der Waals surface area contributed by atoms with Crippen LogP contribution < -0.4 is 17.7 Å². The average Bonchev–Trinajstić information content (AvgIpc) is 2.10. The van der Waals surface area contributed by atoms with Gasteiger partial charge in [0.25, 0.3) is 0 Å². The van der Waals surface area contributed by atoms with E-state index in [1.807, 2.05) is 0 Å². The molecular weight excluding hydrogens is 224 g/mol. The fourth-order valence-electron chi connectivity index (χ4n) is 1.09. The maximum Gasteiger partial charge on any atom is 0.243 e. The SMILES string of the molecule is C=CC(=O)NCCC[N+](C)(C)C(C)(C)C.[Cl-]. The van der Waals surface area contributed by atoms with Gasteiger partial charge in [-0.1, -0.05) is 6.58 Å². The van der Waals surface area contributed by atoms with Crippen molar-refractivity contribution in [3.05, 3.63) is 12.7 Å². The summed E-state index contributed by atoms with van der Waals surface area (Å²) in [5.41, 5.74) is 0.239. The normalized spacial score (nSPS) is 11.6. The smallest absolute Gasteiger partial charge is 0.243 e. The van der Waals surface area contributed by atoms with Crippen molar-refractivity contribution in [2.75, 3.05) is 27.2 Å². The highest BCUT2D eigenvalue weighted by molar-refractivity contribution is 5.86. The molecule has 0 rings (SSSR count). The van der Waals surface area contributed by atoms with E-state index >= 15 is 0 Å². The number of halogens is 1. The van der Waals surface area contributed by atoms with Gasteiger partial charge in [0.1, 0.15) is 0 Å². The molecule has 16 heavy (non-hydrogen) atoms. The third-order valence-electron chi connectivity index (χ3n) is 3.19. The summed E-state index contributed by atoms with van der Waals surface area (Å²) in [5, 5.41) is 2.79. The number of hydrogen-bond acceptors (Lipinski definition) is 1. The van der Waals surface area contributed by atoms with Gasteiger partial charge < -0.3 is 22.2 Å². The molecule has 0 saturated carbocycles. The van der Waals surface area contributed by atoms with E-state index in [9.17, 15) is 4.79 Å². The van der Waals surface area contributed by atoms with Gasteiger partial charge in [-0.25, -0.2) is 0 Å². The lowest BCUT2D eigenvalue weighted by Gasteiger charge is -2.42. The number of amides is 1. The molecule has 0 bridgehead atoms. The lowest BCUT2D eigenvalue weighted by molar-refractivity contribution is -0.935. The molecule has 0 aromatic carbocycles. The predicted molar refractivity (Wildman–Crippen MR) is 64.6 cm³/mol. The van der Waals surface area contributed by atoms with Crippen LogP contribution >= 0.6 is 0 Å². The van der Waals surface area contributed by atoms with Crippen molar-refractivity contribution in [1.29, 1.82) is 0 Å². The van der Waals surface area contributed by atoms with Gasteiger partial charge in [-0.2, -0.15) is 0 Å². The van der Waals surface area contributed by atoms with Crippen LogP contribution in [0.2, 0.25) is 0 Å². The largest absolute Gasteiger partial charge is 1.00 e. The fourth-order valence-corrected chi connectivity index (χ4v) is 1.09. The van der Waals surface area contributed by atoms with Crippen molar-refractivity contribution < 1.29 is 21.7 Å². The highest BCUT2D eigenvalue weighted by atomic mass is 35.5. The molecule has 0 aliphatic heterocycles. The van der Waals surface area contributed by atoms with Crippen molar-refractivity contribution in [2.45, 2.75) is 32.7 Å². The van der Waals surface area contributed by atoms with Crippen LogP contribution in [0.4, 0.5) is 0 Å². The topological polar surface area (TPSA) is 29.1 Å². The zero-order valence-electron chi connectivity index (χ0n) is 11.1. The summed E-state index contributed by atoms with van der Waals surface area (Å²) in [6, 6.07) is 0. The van der Waals surface area contributed by atoms with Crippen LogP contribution in [0.5, 0.6) is 0 Å². The molecule has 0 saturated heterocycles. The minimum Gasteiger partial charge on any atom is -1.00 e. The molecule has 0 aromatic heterocycles. The average molecular weight is 249 g/mol. The van der Waals surface area contributed by atoms with Crippen molar-refractivity contribution in [3.63, 3.8) is 0 Å². The maximum absolute atomic E-state index is 10.9. The van der Waals surface area contributed by atoms with Crippen molar-refractivity contribution in [1.82, 2.24) is 5.32 Å². The molecule has 0 fully saturated rings. The summed E-state index contributed by atoms with van der Waals surface area (Å²) >= 11 is 0. The van der Waals surface area contributed by atoms with Gasteiger partial charge >= 0.3 is 0 Å². The van der Waals surface area contributed by atoms with E-state index in [1.165, 1.54) is 6.08 Å². The molecule has 0 atom stereocenters. The molecular formula is C12H25ClN2O. The van der Waals surface area contributed by atoms with Crippen LogP contribution in [0.25, 0.3) is 0 Å². The zero-order valence-corrected chi connectivity index (χ0v) is 11.9. The molecule has 1 N–H and O–H groups in total. The van der Waals surface area contributed by atoms with Crippen LogP contribution in [-0.2, 0) is 4.79 Å². The number of quaternary nitrogens is 1. The number of nitrogens with zero attached hydrogens (tertiary/aromatic N) is 1. The van der Waals surface area contributed by atoms with E-state index in [2.05, 4.69) is 46.8 Å². The summed E-state index contributed by atoms with van der Waals surface area (Å²) in [4.78, 5) is 10.9. The third kappa shape index (κ3) is 6.13. The first-order valence-corrected chi connectivity index (χ1v) is 5.44. The van der Waals surface area contributed by atoms with Crippen LogP contribution in [-0.4, -0.2) is 43.1 Å². The van der Waals surface area contributed by atoms with E-state index in [0.29, 0.717) is 0 Å². The van der Waals surface area contributed by atoms with Gasteiger partial charge in [0.2, 0.25) is 5.91 Å². The molecule has 0 aliphatic carbocycles. The van der Waals surface area contributed by atoms with E-state index in [0.717, 1.165) is 24.0 Å². The van der Waals surface area contributed by atoms with E-state index < -0.39 is 0 Å². The van der Waals surface area contributed by atoms with Gasteiger partial charge in [-0.3, -0.25) is 4.79 Å². The lowest BCUT2D eigenvalue weighted by atomic mass is 10.0. The van der Waals surface area contributed by atoms with Gasteiger partial charge in [0, 0.05) is 13.0 Å². The number of rotatable bonds is 5. The second-order valence-corrected chi connectivity index (χ2v) is 5.43. The Morgan fingerprint density at radius 3 is 2.25 bits per heavy atom. The Balaban J connectivity index is 0. The van der Waals surface area contributed by atoms with E-state index in [4.69, 9.17) is 0 Å². The quantitative estimate of drug-likeness (QED) is 0.360. The van der Waals surface area contributed by atoms with Crippen molar-refractivity contribution >= 4 is 5.91 Å². The summed E-state index contributed by atoms with van der Waals surface area (Å²) in [6.07, 6.45) is 2.30. The number of nitrogens with one attached hydrogen (secondary N) is 1. The van der Waals surface area contributed by atoms with Gasteiger partial charge in [0.05, 0.1) is 26.2 Å². The Hall–Kier alpha value is -0.540. The third-order valence-corrected chi connectivity index (χ3v) is 3.19. The molecule has 96 valence electrons. The molecule has 0 unspecified atom stereocenters. The summed E-state index contributed by atoms with van der Waals surface area (Å²) in [7, 11) is 4.44. The van der Waals surface area contributed by atoms with E-state index in [1.54, 1.807) is 0 Å².